The van der Waals surface area contributed by atoms with Crippen molar-refractivity contribution in [2.75, 3.05) is 0 Å². The molecule has 1 spiro atoms. The van der Waals surface area contributed by atoms with Crippen molar-refractivity contribution in [1.82, 2.24) is 0 Å². The molecule has 3 aliphatic rings. The molecule has 3 saturated carbocycles. The standard InChI is InChI=1S/C22H38N2/c1-18(24-21(23)19-12-6-5-7-13-19)20-14-8-11-17-22(20)15-9-3-2-4-10-16-22/h19-20H,1-17H2,(H2,23,24). The molecule has 0 radical (unpaired) electrons. The fourth-order valence-electron chi connectivity index (χ4n) is 5.77. The molecule has 0 bridgehead atoms. The summed E-state index contributed by atoms with van der Waals surface area (Å²) in [5, 5.41) is 0. The predicted octanol–water partition coefficient (Wildman–Crippen LogP) is 6.36. The number of rotatable bonds is 3. The van der Waals surface area contributed by atoms with Crippen LogP contribution in [0.25, 0.3) is 0 Å². The first-order valence-electron chi connectivity index (χ1n) is 10.7. The maximum atomic E-state index is 6.42. The molecule has 0 aromatic rings. The van der Waals surface area contributed by atoms with Crippen LogP contribution < -0.4 is 5.73 Å². The minimum absolute atomic E-state index is 0.492. The molecule has 1 atom stereocenters. The molecular formula is C22H38N2. The minimum atomic E-state index is 0.492. The summed E-state index contributed by atoms with van der Waals surface area (Å²) >= 11 is 0. The molecular weight excluding hydrogens is 292 g/mol. The van der Waals surface area contributed by atoms with Crippen LogP contribution in [0.1, 0.15) is 103 Å². The Kier molecular flexibility index (Phi) is 6.41. The highest BCUT2D eigenvalue weighted by molar-refractivity contribution is 5.83. The third-order valence-corrected chi connectivity index (χ3v) is 7.20. The molecule has 0 saturated heterocycles. The lowest BCUT2D eigenvalue weighted by Gasteiger charge is -2.46. The van der Waals surface area contributed by atoms with Gasteiger partial charge in [-0.05, 0) is 43.9 Å². The highest BCUT2D eigenvalue weighted by Crippen LogP contribution is 2.52. The van der Waals surface area contributed by atoms with Crippen LogP contribution in [0, 0.1) is 17.3 Å². The summed E-state index contributed by atoms with van der Waals surface area (Å²) < 4.78 is 0. The Hall–Kier alpha value is -0.790. The van der Waals surface area contributed by atoms with Crippen LogP contribution in [0.4, 0.5) is 0 Å². The maximum Gasteiger partial charge on any atom is 0.102 e. The molecule has 24 heavy (non-hydrogen) atoms. The smallest absolute Gasteiger partial charge is 0.102 e. The van der Waals surface area contributed by atoms with E-state index >= 15 is 0 Å². The van der Waals surface area contributed by atoms with Gasteiger partial charge in [0.05, 0.1) is 0 Å². The highest BCUT2D eigenvalue weighted by Gasteiger charge is 2.41. The van der Waals surface area contributed by atoms with Gasteiger partial charge in [0, 0.05) is 17.5 Å². The number of allylic oxidation sites excluding steroid dienone is 1. The quantitative estimate of drug-likeness (QED) is 0.474. The third kappa shape index (κ3) is 4.24. The average Bonchev–Trinajstić information content (AvgIpc) is 2.59. The zero-order valence-electron chi connectivity index (χ0n) is 15.7. The largest absolute Gasteiger partial charge is 0.387 e. The van der Waals surface area contributed by atoms with Crippen LogP contribution in [-0.2, 0) is 0 Å². The molecule has 2 N–H and O–H groups in total. The molecule has 3 aliphatic carbocycles. The van der Waals surface area contributed by atoms with Gasteiger partial charge in [-0.25, -0.2) is 4.99 Å². The van der Waals surface area contributed by atoms with E-state index in [1.165, 1.54) is 103 Å². The van der Waals surface area contributed by atoms with E-state index in [1.54, 1.807) is 0 Å². The van der Waals surface area contributed by atoms with Gasteiger partial charge < -0.3 is 5.73 Å². The molecule has 2 heteroatoms. The van der Waals surface area contributed by atoms with Crippen LogP contribution in [0.3, 0.4) is 0 Å². The number of aliphatic imine (C=N–C) groups is 1. The Labute approximate surface area is 149 Å². The van der Waals surface area contributed by atoms with E-state index in [4.69, 9.17) is 10.7 Å². The van der Waals surface area contributed by atoms with E-state index < -0.39 is 0 Å². The Morgan fingerprint density at radius 2 is 1.25 bits per heavy atom. The van der Waals surface area contributed by atoms with Crippen LogP contribution in [-0.4, -0.2) is 5.84 Å². The van der Waals surface area contributed by atoms with E-state index in [9.17, 15) is 0 Å². The van der Waals surface area contributed by atoms with E-state index in [1.807, 2.05) is 0 Å². The summed E-state index contributed by atoms with van der Waals surface area (Å²) in [7, 11) is 0. The molecule has 0 heterocycles. The van der Waals surface area contributed by atoms with Gasteiger partial charge in [-0.1, -0.05) is 70.8 Å². The predicted molar refractivity (Wildman–Crippen MR) is 104 cm³/mol. The van der Waals surface area contributed by atoms with E-state index in [0.717, 1.165) is 11.5 Å². The summed E-state index contributed by atoms with van der Waals surface area (Å²) in [4.78, 5) is 4.93. The lowest BCUT2D eigenvalue weighted by molar-refractivity contribution is 0.0815. The van der Waals surface area contributed by atoms with Crippen LogP contribution in [0.2, 0.25) is 0 Å². The van der Waals surface area contributed by atoms with Gasteiger partial charge in [-0.15, -0.1) is 0 Å². The highest BCUT2D eigenvalue weighted by atomic mass is 14.9. The third-order valence-electron chi connectivity index (χ3n) is 7.20. The van der Waals surface area contributed by atoms with Gasteiger partial charge in [0.25, 0.3) is 0 Å². The van der Waals surface area contributed by atoms with Crippen molar-refractivity contribution in [2.45, 2.75) is 103 Å². The normalized spacial score (nSPS) is 29.8. The fourth-order valence-corrected chi connectivity index (χ4v) is 5.77. The monoisotopic (exact) mass is 330 g/mol. The zero-order chi connectivity index (χ0) is 16.8. The van der Waals surface area contributed by atoms with Crippen molar-refractivity contribution in [2.24, 2.45) is 28.0 Å². The molecule has 3 rings (SSSR count). The van der Waals surface area contributed by atoms with Gasteiger partial charge >= 0.3 is 0 Å². The van der Waals surface area contributed by atoms with Crippen molar-refractivity contribution in [3.63, 3.8) is 0 Å². The number of hydrogen-bond donors (Lipinski definition) is 1. The van der Waals surface area contributed by atoms with Crippen molar-refractivity contribution in [1.29, 1.82) is 0 Å². The zero-order valence-corrected chi connectivity index (χ0v) is 15.7. The Bertz CT molecular complexity index is 437. The molecule has 2 nitrogen and oxygen atoms in total. The second-order valence-corrected chi connectivity index (χ2v) is 8.79. The van der Waals surface area contributed by atoms with Crippen molar-refractivity contribution < 1.29 is 0 Å². The molecule has 3 fully saturated rings. The summed E-state index contributed by atoms with van der Waals surface area (Å²) in [6, 6.07) is 0. The summed E-state index contributed by atoms with van der Waals surface area (Å²) in [5.41, 5.74) is 8.03. The maximum absolute atomic E-state index is 6.42. The molecule has 136 valence electrons. The number of nitrogens with zero attached hydrogens (tertiary/aromatic N) is 1. The molecule has 1 unspecified atom stereocenters. The topological polar surface area (TPSA) is 38.4 Å². The molecule has 0 amide bonds. The Morgan fingerprint density at radius 3 is 1.92 bits per heavy atom. The van der Waals surface area contributed by atoms with Crippen molar-refractivity contribution >= 4 is 5.84 Å². The lowest BCUT2D eigenvalue weighted by atomic mass is 9.60. The first-order chi connectivity index (χ1) is 11.7. The van der Waals surface area contributed by atoms with Gasteiger partial charge in [-0.3, -0.25) is 0 Å². The van der Waals surface area contributed by atoms with Crippen molar-refractivity contribution in [3.8, 4) is 0 Å². The Morgan fingerprint density at radius 1 is 0.750 bits per heavy atom. The van der Waals surface area contributed by atoms with Gasteiger partial charge in [-0.2, -0.15) is 0 Å². The summed E-state index contributed by atoms with van der Waals surface area (Å²) in [5.74, 6) is 2.00. The minimum Gasteiger partial charge on any atom is -0.387 e. The van der Waals surface area contributed by atoms with Crippen molar-refractivity contribution in [3.05, 3.63) is 12.3 Å². The fraction of sp³-hybridized carbons (Fsp3) is 0.864. The Balaban J connectivity index is 1.72. The number of hydrogen-bond acceptors (Lipinski definition) is 1. The van der Waals surface area contributed by atoms with Crippen LogP contribution in [0.5, 0.6) is 0 Å². The van der Waals surface area contributed by atoms with E-state index in [-0.39, 0.29) is 0 Å². The SMILES string of the molecule is C=C(N=C(N)C1CCCCC1)C1CCCCC12CCCCCCC2. The number of amidine groups is 1. The lowest BCUT2D eigenvalue weighted by Crippen LogP contribution is -2.36. The van der Waals surface area contributed by atoms with Gasteiger partial charge in [0.1, 0.15) is 5.84 Å². The average molecular weight is 331 g/mol. The second-order valence-electron chi connectivity index (χ2n) is 8.79. The molecule has 0 aliphatic heterocycles. The first kappa shape index (κ1) is 18.0. The number of nitrogens with two attached hydrogens (primary N) is 1. The first-order valence-corrected chi connectivity index (χ1v) is 10.7. The van der Waals surface area contributed by atoms with Gasteiger partial charge in [0.15, 0.2) is 0 Å². The molecule has 0 aromatic carbocycles. The van der Waals surface area contributed by atoms with Gasteiger partial charge in [0.2, 0.25) is 0 Å². The van der Waals surface area contributed by atoms with Crippen LogP contribution in [0.15, 0.2) is 17.3 Å². The van der Waals surface area contributed by atoms with E-state index in [0.29, 0.717) is 17.3 Å². The summed E-state index contributed by atoms with van der Waals surface area (Å²) in [6.45, 7) is 4.45. The van der Waals surface area contributed by atoms with E-state index in [2.05, 4.69) is 6.58 Å². The summed E-state index contributed by atoms with van der Waals surface area (Å²) in [6.07, 6.45) is 21.8. The second kappa shape index (κ2) is 8.54. The molecule has 0 aromatic heterocycles. The van der Waals surface area contributed by atoms with Crippen LogP contribution >= 0.6 is 0 Å².